The lowest BCUT2D eigenvalue weighted by Crippen LogP contribution is -2.07. The lowest BCUT2D eigenvalue weighted by atomic mass is 10.2. The summed E-state index contributed by atoms with van der Waals surface area (Å²) in [7, 11) is 1.52. The molecule has 0 saturated carbocycles. The highest BCUT2D eigenvalue weighted by Gasteiger charge is 2.11. The summed E-state index contributed by atoms with van der Waals surface area (Å²) < 4.78 is 10.7. The Hall–Kier alpha value is -2.06. The van der Waals surface area contributed by atoms with Crippen molar-refractivity contribution >= 4 is 41.0 Å². The van der Waals surface area contributed by atoms with Crippen molar-refractivity contribution in [1.29, 1.82) is 0 Å². The van der Waals surface area contributed by atoms with Gasteiger partial charge in [0.1, 0.15) is 6.61 Å². The molecular weight excluding hydrogens is 383 g/mol. The van der Waals surface area contributed by atoms with Crippen molar-refractivity contribution in [2.75, 3.05) is 13.7 Å². The summed E-state index contributed by atoms with van der Waals surface area (Å²) >= 11 is 18.4. The predicted molar refractivity (Wildman–Crippen MR) is 103 cm³/mol. The minimum atomic E-state index is 0.101. The number of nitrogens with zero attached hydrogens (tertiary/aromatic N) is 1. The molecule has 0 spiro atoms. The van der Waals surface area contributed by atoms with Crippen LogP contribution in [-0.4, -0.2) is 19.9 Å². The second-order valence-corrected chi connectivity index (χ2v) is 6.04. The zero-order chi connectivity index (χ0) is 18.2. The van der Waals surface area contributed by atoms with Crippen molar-refractivity contribution in [2.24, 2.45) is 5.10 Å². The van der Waals surface area contributed by atoms with Crippen molar-refractivity contribution in [3.8, 4) is 23.8 Å². The summed E-state index contributed by atoms with van der Waals surface area (Å²) in [5.41, 5.74) is 4.40. The van der Waals surface area contributed by atoms with E-state index in [0.29, 0.717) is 33.1 Å². The number of rotatable bonds is 7. The van der Waals surface area contributed by atoms with Gasteiger partial charge in [0.05, 0.1) is 24.9 Å². The number of ether oxygens (including phenoxy) is 2. The van der Waals surface area contributed by atoms with Crippen LogP contribution in [-0.2, 0) is 6.54 Å². The number of hydrogen-bond donors (Lipinski definition) is 1. The molecule has 0 amide bonds. The van der Waals surface area contributed by atoms with Gasteiger partial charge in [0.15, 0.2) is 11.5 Å². The maximum absolute atomic E-state index is 6.21. The average molecular weight is 398 g/mol. The van der Waals surface area contributed by atoms with E-state index in [2.05, 4.69) is 16.4 Å². The summed E-state index contributed by atoms with van der Waals surface area (Å²) in [4.78, 5) is 0. The number of methoxy groups -OCH3 is 1. The van der Waals surface area contributed by atoms with Crippen molar-refractivity contribution in [2.45, 2.75) is 6.54 Å². The smallest absolute Gasteiger partial charge is 0.181 e. The molecule has 0 fully saturated rings. The van der Waals surface area contributed by atoms with Crippen molar-refractivity contribution in [3.63, 3.8) is 0 Å². The van der Waals surface area contributed by atoms with Crippen LogP contribution in [0.2, 0.25) is 15.1 Å². The number of hydrazone groups is 1. The highest BCUT2D eigenvalue weighted by atomic mass is 35.5. The Labute approximate surface area is 161 Å². The SMILES string of the molecule is C#CCOc1c(Cl)cc(/C=N/NCc2c(Cl)cccc2Cl)cc1OC. The third kappa shape index (κ3) is 5.20. The molecule has 0 unspecified atom stereocenters. The number of terminal acetylenes is 1. The molecule has 2 aromatic rings. The largest absolute Gasteiger partial charge is 0.493 e. The standard InChI is InChI=1S/C18H15Cl3N2O2/c1-3-7-25-18-16(21)8-12(9-17(18)24-2)10-22-23-11-13-14(19)5-4-6-15(13)20/h1,4-6,8-10,23H,7,11H2,2H3/b22-10+. The Morgan fingerprint density at radius 2 is 1.92 bits per heavy atom. The molecule has 0 heterocycles. The molecular formula is C18H15Cl3N2O2. The average Bonchev–Trinajstić information content (AvgIpc) is 2.59. The van der Waals surface area contributed by atoms with Crippen LogP contribution in [0.25, 0.3) is 0 Å². The molecule has 25 heavy (non-hydrogen) atoms. The van der Waals surface area contributed by atoms with Crippen LogP contribution in [0.3, 0.4) is 0 Å². The van der Waals surface area contributed by atoms with E-state index in [4.69, 9.17) is 50.7 Å². The van der Waals surface area contributed by atoms with E-state index in [1.165, 1.54) is 7.11 Å². The van der Waals surface area contributed by atoms with E-state index in [9.17, 15) is 0 Å². The fourth-order valence-corrected chi connectivity index (χ4v) is 2.82. The molecule has 0 saturated heterocycles. The second-order valence-electron chi connectivity index (χ2n) is 4.82. The van der Waals surface area contributed by atoms with Crippen LogP contribution < -0.4 is 14.9 Å². The van der Waals surface area contributed by atoms with Gasteiger partial charge >= 0.3 is 0 Å². The molecule has 4 nitrogen and oxygen atoms in total. The number of nitrogens with one attached hydrogen (secondary N) is 1. The van der Waals surface area contributed by atoms with E-state index in [1.807, 2.05) is 0 Å². The molecule has 0 bridgehead atoms. The first kappa shape index (κ1) is 19.3. The van der Waals surface area contributed by atoms with E-state index in [-0.39, 0.29) is 6.61 Å². The van der Waals surface area contributed by atoms with Gasteiger partial charge in [0.25, 0.3) is 0 Å². The molecule has 0 aliphatic carbocycles. The maximum atomic E-state index is 6.21. The molecule has 0 aliphatic heterocycles. The number of benzene rings is 2. The van der Waals surface area contributed by atoms with Crippen molar-refractivity contribution < 1.29 is 9.47 Å². The van der Waals surface area contributed by atoms with Crippen LogP contribution >= 0.6 is 34.8 Å². The summed E-state index contributed by atoms with van der Waals surface area (Å²) in [6.07, 6.45) is 6.79. The second kappa shape index (κ2) is 9.43. The Kier molecular flexibility index (Phi) is 7.27. The van der Waals surface area contributed by atoms with Gasteiger partial charge in [-0.05, 0) is 29.8 Å². The van der Waals surface area contributed by atoms with Gasteiger partial charge in [0.2, 0.25) is 0 Å². The number of halogens is 3. The molecule has 130 valence electrons. The summed E-state index contributed by atoms with van der Waals surface area (Å²) in [5, 5.41) is 5.68. The van der Waals surface area contributed by atoms with Crippen LogP contribution in [0.4, 0.5) is 0 Å². The fraction of sp³-hybridized carbons (Fsp3) is 0.167. The first-order valence-electron chi connectivity index (χ1n) is 7.19. The third-order valence-corrected chi connectivity index (χ3v) is 4.16. The van der Waals surface area contributed by atoms with Gasteiger partial charge in [-0.25, -0.2) is 0 Å². The first-order valence-corrected chi connectivity index (χ1v) is 8.32. The quantitative estimate of drug-likeness (QED) is 0.415. The Bertz CT molecular complexity index is 796. The van der Waals surface area contributed by atoms with E-state index in [0.717, 1.165) is 11.1 Å². The fourth-order valence-electron chi connectivity index (χ4n) is 2.01. The van der Waals surface area contributed by atoms with E-state index < -0.39 is 0 Å². The third-order valence-electron chi connectivity index (χ3n) is 3.17. The van der Waals surface area contributed by atoms with Gasteiger partial charge in [0, 0.05) is 15.6 Å². The highest BCUT2D eigenvalue weighted by molar-refractivity contribution is 6.36. The van der Waals surface area contributed by atoms with Crippen LogP contribution in [0.1, 0.15) is 11.1 Å². The van der Waals surface area contributed by atoms with Gasteiger partial charge in [-0.2, -0.15) is 5.10 Å². The minimum absolute atomic E-state index is 0.101. The molecule has 0 radical (unpaired) electrons. The Morgan fingerprint density at radius 3 is 2.56 bits per heavy atom. The minimum Gasteiger partial charge on any atom is -0.493 e. The Morgan fingerprint density at radius 1 is 1.20 bits per heavy atom. The van der Waals surface area contributed by atoms with Gasteiger partial charge in [-0.3, -0.25) is 0 Å². The van der Waals surface area contributed by atoms with Crippen molar-refractivity contribution in [1.82, 2.24) is 5.43 Å². The van der Waals surface area contributed by atoms with Crippen molar-refractivity contribution in [3.05, 3.63) is 56.5 Å². The van der Waals surface area contributed by atoms with E-state index in [1.54, 1.807) is 36.5 Å². The lowest BCUT2D eigenvalue weighted by molar-refractivity contribution is 0.331. The molecule has 0 aliphatic rings. The maximum Gasteiger partial charge on any atom is 0.181 e. The predicted octanol–water partition coefficient (Wildman–Crippen LogP) is 4.79. The summed E-state index contributed by atoms with van der Waals surface area (Å²) in [6.45, 7) is 0.493. The lowest BCUT2D eigenvalue weighted by Gasteiger charge is -2.11. The van der Waals surface area contributed by atoms with Crippen LogP contribution in [0.5, 0.6) is 11.5 Å². The molecule has 2 aromatic carbocycles. The van der Waals surface area contributed by atoms with Gasteiger partial charge in [-0.15, -0.1) is 6.42 Å². The molecule has 0 aromatic heterocycles. The zero-order valence-electron chi connectivity index (χ0n) is 13.4. The van der Waals surface area contributed by atoms with Gasteiger partial charge in [-0.1, -0.05) is 46.8 Å². The van der Waals surface area contributed by atoms with E-state index >= 15 is 0 Å². The molecule has 2 rings (SSSR count). The molecule has 1 N–H and O–H groups in total. The monoisotopic (exact) mass is 396 g/mol. The topological polar surface area (TPSA) is 42.8 Å². The Balaban J connectivity index is 2.08. The molecule has 0 atom stereocenters. The highest BCUT2D eigenvalue weighted by Crippen LogP contribution is 2.36. The molecule has 7 heteroatoms. The zero-order valence-corrected chi connectivity index (χ0v) is 15.6. The normalized spacial score (nSPS) is 10.5. The van der Waals surface area contributed by atoms with Crippen LogP contribution in [0, 0.1) is 12.3 Å². The van der Waals surface area contributed by atoms with Crippen LogP contribution in [0.15, 0.2) is 35.4 Å². The van der Waals surface area contributed by atoms with Gasteiger partial charge < -0.3 is 14.9 Å². The first-order chi connectivity index (χ1) is 12.1. The number of hydrogen-bond acceptors (Lipinski definition) is 4. The summed E-state index contributed by atoms with van der Waals surface area (Å²) in [6, 6.07) is 8.77. The summed E-state index contributed by atoms with van der Waals surface area (Å²) in [5.74, 6) is 3.25.